The van der Waals surface area contributed by atoms with Crippen LogP contribution in [0.4, 0.5) is 0 Å². The van der Waals surface area contributed by atoms with Gasteiger partial charge in [-0.3, -0.25) is 0 Å². The average Bonchev–Trinajstić information content (AvgIpc) is 3.15. The number of allylic oxidation sites excluding steroid dienone is 4. The van der Waals surface area contributed by atoms with E-state index >= 15 is 0 Å². The lowest BCUT2D eigenvalue weighted by atomic mass is 9.85. The molecule has 0 aromatic heterocycles. The molecule has 1 nitrogen and oxygen atoms in total. The second-order valence-electron chi connectivity index (χ2n) is 12.4. The summed E-state index contributed by atoms with van der Waals surface area (Å²) >= 11 is 0. The van der Waals surface area contributed by atoms with Gasteiger partial charge in [-0.15, -0.1) is 0 Å². The van der Waals surface area contributed by atoms with Crippen molar-refractivity contribution in [2.45, 2.75) is 13.8 Å². The molecule has 0 spiro atoms. The van der Waals surface area contributed by atoms with Crippen molar-refractivity contribution in [2.24, 2.45) is 0 Å². The summed E-state index contributed by atoms with van der Waals surface area (Å²) in [7, 11) is -3.02. The molecule has 0 amide bonds. The van der Waals surface area contributed by atoms with Gasteiger partial charge in [-0.2, -0.15) is 0 Å². The van der Waals surface area contributed by atoms with Crippen LogP contribution in [0.25, 0.3) is 65.3 Å². The van der Waals surface area contributed by atoms with Gasteiger partial charge >= 0.3 is 0 Å². The van der Waals surface area contributed by atoms with Crippen LogP contribution in [0.2, 0.25) is 0 Å². The molecule has 0 N–H and O–H groups in total. The first kappa shape index (κ1) is 29.9. The number of hydrogen-bond donors (Lipinski definition) is 0. The van der Waals surface area contributed by atoms with Crippen molar-refractivity contribution >= 4 is 60.8 Å². The van der Waals surface area contributed by atoms with E-state index in [1.165, 1.54) is 54.6 Å². The predicted molar refractivity (Wildman–Crippen MR) is 209 cm³/mol. The van der Waals surface area contributed by atoms with Crippen LogP contribution in [-0.4, -0.2) is 0 Å². The highest BCUT2D eigenvalue weighted by atomic mass is 31.2. The lowest BCUT2D eigenvalue weighted by molar-refractivity contribution is 0.590. The maximum atomic E-state index is 15.0. The Labute approximate surface area is 281 Å². The van der Waals surface area contributed by atoms with Gasteiger partial charge in [0.25, 0.3) is 0 Å². The maximum Gasteiger partial charge on any atom is 0.166 e. The monoisotopic (exact) mass is 634 g/mol. The Bertz CT molecular complexity index is 2550. The Kier molecular flexibility index (Phi) is 7.64. The molecule has 1 unspecified atom stereocenters. The molecule has 230 valence electrons. The van der Waals surface area contributed by atoms with Gasteiger partial charge in [0.2, 0.25) is 0 Å². The smallest absolute Gasteiger partial charge is 0.166 e. The van der Waals surface area contributed by atoms with E-state index in [9.17, 15) is 4.57 Å². The molecule has 0 bridgehead atoms. The summed E-state index contributed by atoms with van der Waals surface area (Å²) in [6, 6.07) is 55.9. The molecule has 0 heterocycles. The molecule has 0 radical (unpaired) electrons. The van der Waals surface area contributed by atoms with Gasteiger partial charge in [0, 0.05) is 10.6 Å². The topological polar surface area (TPSA) is 17.1 Å². The van der Waals surface area contributed by atoms with Crippen molar-refractivity contribution in [1.29, 1.82) is 0 Å². The van der Waals surface area contributed by atoms with Gasteiger partial charge in [0.05, 0.1) is 0 Å². The third-order valence-electron chi connectivity index (χ3n) is 9.59. The van der Waals surface area contributed by atoms with Crippen LogP contribution in [-0.2, 0) is 4.57 Å². The van der Waals surface area contributed by atoms with Gasteiger partial charge in [-0.25, -0.2) is 0 Å². The summed E-state index contributed by atoms with van der Waals surface area (Å²) in [4.78, 5) is 0. The predicted octanol–water partition coefficient (Wildman–Crippen LogP) is 12.4. The minimum atomic E-state index is -3.02. The van der Waals surface area contributed by atoms with E-state index in [2.05, 4.69) is 127 Å². The summed E-state index contributed by atoms with van der Waals surface area (Å²) in [5.41, 5.74) is 4.89. The molecule has 8 aromatic carbocycles. The van der Waals surface area contributed by atoms with Crippen molar-refractivity contribution in [2.75, 3.05) is 0 Å². The fourth-order valence-corrected chi connectivity index (χ4v) is 9.82. The third-order valence-corrected chi connectivity index (χ3v) is 12.8. The fraction of sp³-hybridized carbons (Fsp3) is 0.0435. The van der Waals surface area contributed by atoms with E-state index in [4.69, 9.17) is 0 Å². The molecule has 0 aliphatic rings. The summed E-state index contributed by atoms with van der Waals surface area (Å²) in [6.07, 6.45) is 5.93. The van der Waals surface area contributed by atoms with Crippen molar-refractivity contribution in [3.05, 3.63) is 181 Å². The summed E-state index contributed by atoms with van der Waals surface area (Å²) in [5, 5.41) is 12.2. The van der Waals surface area contributed by atoms with Gasteiger partial charge in [0.15, 0.2) is 7.14 Å². The molecule has 0 saturated carbocycles. The van der Waals surface area contributed by atoms with Crippen LogP contribution in [0.1, 0.15) is 13.8 Å². The Balaban J connectivity index is 1.32. The Morgan fingerprint density at radius 3 is 1.52 bits per heavy atom. The Morgan fingerprint density at radius 1 is 0.479 bits per heavy atom. The molecule has 2 heteroatoms. The van der Waals surface area contributed by atoms with E-state index in [1.807, 2.05) is 62.4 Å². The van der Waals surface area contributed by atoms with Crippen molar-refractivity contribution in [1.82, 2.24) is 0 Å². The molecule has 1 atom stereocenters. The van der Waals surface area contributed by atoms with Crippen molar-refractivity contribution in [3.63, 3.8) is 0 Å². The number of fused-ring (bicyclic) bond motifs is 4. The first-order valence-electron chi connectivity index (χ1n) is 16.5. The zero-order chi connectivity index (χ0) is 32.7. The van der Waals surface area contributed by atoms with Crippen LogP contribution in [0.5, 0.6) is 0 Å². The number of rotatable bonds is 6. The first-order valence-corrected chi connectivity index (χ1v) is 18.2. The second-order valence-corrected chi connectivity index (χ2v) is 15.4. The fourth-order valence-electron chi connectivity index (χ4n) is 7.21. The molecular weight excluding hydrogens is 599 g/mol. The lowest BCUT2D eigenvalue weighted by Crippen LogP contribution is -2.16. The van der Waals surface area contributed by atoms with Gasteiger partial charge in [-0.05, 0) is 103 Å². The van der Waals surface area contributed by atoms with Crippen LogP contribution in [0.3, 0.4) is 0 Å². The van der Waals surface area contributed by atoms with Crippen LogP contribution >= 0.6 is 7.14 Å². The SMILES string of the molecule is C/C=C\C=C(/C)P(=O)(c1ccccc1)c1ccc2cc(-c3c4ccccc4c(-c4ccc5ccccc5c4)c4ccccc34)ccc2c1. The molecule has 0 aliphatic heterocycles. The first-order chi connectivity index (χ1) is 23.6. The van der Waals surface area contributed by atoms with E-state index < -0.39 is 7.14 Å². The minimum Gasteiger partial charge on any atom is -0.309 e. The van der Waals surface area contributed by atoms with Crippen LogP contribution < -0.4 is 10.6 Å². The van der Waals surface area contributed by atoms with E-state index in [0.717, 1.165) is 26.7 Å². The largest absolute Gasteiger partial charge is 0.309 e. The highest BCUT2D eigenvalue weighted by Crippen LogP contribution is 2.52. The molecule has 8 rings (SSSR count). The van der Waals surface area contributed by atoms with E-state index in [0.29, 0.717) is 0 Å². The zero-order valence-corrected chi connectivity index (χ0v) is 28.0. The van der Waals surface area contributed by atoms with Gasteiger partial charge < -0.3 is 4.57 Å². The molecule has 8 aromatic rings. The summed E-state index contributed by atoms with van der Waals surface area (Å²) < 4.78 is 15.0. The highest BCUT2D eigenvalue weighted by molar-refractivity contribution is 7.82. The quantitative estimate of drug-likeness (QED) is 0.101. The van der Waals surface area contributed by atoms with E-state index in [1.54, 1.807) is 0 Å². The molecular formula is C46H35OP. The number of benzene rings is 8. The lowest BCUT2D eigenvalue weighted by Gasteiger charge is -2.21. The maximum absolute atomic E-state index is 15.0. The molecule has 0 fully saturated rings. The standard InChI is InChI=1S/C46H35OP/c1-3-4-14-32(2)48(47,39-17-6-5-7-18-39)40-28-27-35-30-38(26-24-36(35)31-40)46-43-21-12-10-19-41(43)45(42-20-11-13-22-44(42)46)37-25-23-33-15-8-9-16-34(33)29-37/h3-31H,1-2H3/b4-3-,32-14+. The second kappa shape index (κ2) is 12.3. The number of hydrogen-bond acceptors (Lipinski definition) is 1. The van der Waals surface area contributed by atoms with Gasteiger partial charge in [-0.1, -0.05) is 158 Å². The van der Waals surface area contributed by atoms with Gasteiger partial charge in [0.1, 0.15) is 0 Å². The normalized spacial score (nSPS) is 13.5. The van der Waals surface area contributed by atoms with Crippen molar-refractivity contribution < 1.29 is 4.57 Å². The Hall–Kier alpha value is -5.49. The van der Waals surface area contributed by atoms with Crippen LogP contribution in [0.15, 0.2) is 181 Å². The molecule has 0 saturated heterocycles. The third kappa shape index (κ3) is 5.00. The zero-order valence-electron chi connectivity index (χ0n) is 27.1. The summed E-state index contributed by atoms with van der Waals surface area (Å²) in [5.74, 6) is 0. The van der Waals surface area contributed by atoms with Crippen molar-refractivity contribution in [3.8, 4) is 22.3 Å². The molecule has 0 aliphatic carbocycles. The minimum absolute atomic E-state index is 0.850. The van der Waals surface area contributed by atoms with Crippen LogP contribution in [0, 0.1) is 0 Å². The average molecular weight is 635 g/mol. The Morgan fingerprint density at radius 2 is 0.938 bits per heavy atom. The van der Waals surface area contributed by atoms with E-state index in [-0.39, 0.29) is 0 Å². The summed E-state index contributed by atoms with van der Waals surface area (Å²) in [6.45, 7) is 3.97. The molecule has 48 heavy (non-hydrogen) atoms. The highest BCUT2D eigenvalue weighted by Gasteiger charge is 2.29.